The standard InChI is InChI=1S/C14H19NO5/c1-15(7-6-14(17)18)9-12(16)11-5-4-10(19-2)8-13(11)20-3/h4-5,8H,6-7,9H2,1-3H3,(H,17,18). The molecule has 0 heterocycles. The van der Waals surface area contributed by atoms with Crippen LogP contribution in [-0.4, -0.2) is 56.1 Å². The number of carbonyl (C=O) groups is 2. The van der Waals surface area contributed by atoms with E-state index in [4.69, 9.17) is 14.6 Å². The van der Waals surface area contributed by atoms with Crippen LogP contribution < -0.4 is 9.47 Å². The van der Waals surface area contributed by atoms with Crippen molar-refractivity contribution >= 4 is 11.8 Å². The van der Waals surface area contributed by atoms with Gasteiger partial charge in [0.25, 0.3) is 0 Å². The molecule has 0 unspecified atom stereocenters. The normalized spacial score (nSPS) is 10.4. The minimum Gasteiger partial charge on any atom is -0.497 e. The van der Waals surface area contributed by atoms with Gasteiger partial charge in [0.1, 0.15) is 11.5 Å². The van der Waals surface area contributed by atoms with E-state index in [1.54, 1.807) is 30.1 Å². The number of hydrogen-bond donors (Lipinski definition) is 1. The van der Waals surface area contributed by atoms with Crippen molar-refractivity contribution in [3.8, 4) is 11.5 Å². The topological polar surface area (TPSA) is 76.1 Å². The van der Waals surface area contributed by atoms with Crippen LogP contribution in [0.4, 0.5) is 0 Å². The Balaban J connectivity index is 2.74. The fraction of sp³-hybridized carbons (Fsp3) is 0.429. The molecule has 0 aliphatic rings. The number of methoxy groups -OCH3 is 2. The summed E-state index contributed by atoms with van der Waals surface area (Å²) in [6.45, 7) is 0.454. The summed E-state index contributed by atoms with van der Waals surface area (Å²) in [7, 11) is 4.73. The predicted octanol–water partition coefficient (Wildman–Crippen LogP) is 1.29. The number of hydrogen-bond acceptors (Lipinski definition) is 5. The molecule has 0 aliphatic heterocycles. The van der Waals surface area contributed by atoms with Gasteiger partial charge in [-0.1, -0.05) is 0 Å². The summed E-state index contributed by atoms with van der Waals surface area (Å²) in [5.74, 6) is 0.0438. The Morgan fingerprint density at radius 1 is 1.25 bits per heavy atom. The van der Waals surface area contributed by atoms with E-state index in [9.17, 15) is 9.59 Å². The van der Waals surface area contributed by atoms with Crippen LogP contribution in [-0.2, 0) is 4.79 Å². The lowest BCUT2D eigenvalue weighted by Crippen LogP contribution is -2.28. The molecule has 0 radical (unpaired) electrons. The van der Waals surface area contributed by atoms with E-state index < -0.39 is 5.97 Å². The Labute approximate surface area is 117 Å². The molecular formula is C14H19NO5. The molecule has 0 saturated heterocycles. The van der Waals surface area contributed by atoms with Crippen LogP contribution in [0.5, 0.6) is 11.5 Å². The van der Waals surface area contributed by atoms with E-state index in [0.29, 0.717) is 23.6 Å². The number of aliphatic carboxylic acids is 1. The number of Topliss-reactive ketones (excluding diaryl/α,β-unsaturated/α-hetero) is 1. The molecule has 0 amide bonds. The molecule has 0 saturated carbocycles. The molecule has 20 heavy (non-hydrogen) atoms. The van der Waals surface area contributed by atoms with Gasteiger partial charge in [-0.05, 0) is 19.2 Å². The summed E-state index contributed by atoms with van der Waals surface area (Å²) in [5, 5.41) is 8.61. The number of carboxylic acids is 1. The zero-order valence-electron chi connectivity index (χ0n) is 11.9. The van der Waals surface area contributed by atoms with Crippen LogP contribution >= 0.6 is 0 Å². The molecule has 110 valence electrons. The number of carboxylic acid groups (broad SMARTS) is 1. The van der Waals surface area contributed by atoms with Gasteiger partial charge < -0.3 is 14.6 Å². The van der Waals surface area contributed by atoms with Gasteiger partial charge in [-0.3, -0.25) is 14.5 Å². The molecule has 1 aromatic rings. The maximum atomic E-state index is 12.2. The summed E-state index contributed by atoms with van der Waals surface area (Å²) in [4.78, 5) is 24.3. The van der Waals surface area contributed by atoms with Gasteiger partial charge in [-0.2, -0.15) is 0 Å². The molecule has 0 spiro atoms. The SMILES string of the molecule is COc1ccc(C(=O)CN(C)CCC(=O)O)c(OC)c1. The van der Waals surface area contributed by atoms with Crippen LogP contribution in [0.15, 0.2) is 18.2 Å². The fourth-order valence-electron chi connectivity index (χ4n) is 1.72. The van der Waals surface area contributed by atoms with Crippen molar-refractivity contribution < 1.29 is 24.2 Å². The first-order chi connectivity index (χ1) is 9.47. The minimum absolute atomic E-state index is 0.00350. The predicted molar refractivity (Wildman–Crippen MR) is 73.6 cm³/mol. The highest BCUT2D eigenvalue weighted by molar-refractivity contribution is 6.00. The Hall–Kier alpha value is -2.08. The first kappa shape index (κ1) is 16.0. The van der Waals surface area contributed by atoms with Crippen molar-refractivity contribution in [1.29, 1.82) is 0 Å². The molecule has 0 aliphatic carbocycles. The van der Waals surface area contributed by atoms with Gasteiger partial charge in [0, 0.05) is 12.6 Å². The Bertz CT molecular complexity index is 486. The van der Waals surface area contributed by atoms with Gasteiger partial charge in [0.05, 0.1) is 32.7 Å². The number of rotatable bonds is 8. The van der Waals surface area contributed by atoms with Crippen LogP contribution in [0.25, 0.3) is 0 Å². The van der Waals surface area contributed by atoms with Crippen molar-refractivity contribution in [3.63, 3.8) is 0 Å². The van der Waals surface area contributed by atoms with E-state index in [1.165, 1.54) is 14.2 Å². The summed E-state index contributed by atoms with van der Waals surface area (Å²) in [6.07, 6.45) is 0.00350. The number of ketones is 1. The quantitative estimate of drug-likeness (QED) is 0.724. The number of carbonyl (C=O) groups excluding carboxylic acids is 1. The molecule has 0 aromatic heterocycles. The lowest BCUT2D eigenvalue weighted by Gasteiger charge is -2.16. The van der Waals surface area contributed by atoms with E-state index in [-0.39, 0.29) is 18.7 Å². The molecular weight excluding hydrogens is 262 g/mol. The van der Waals surface area contributed by atoms with E-state index in [0.717, 1.165) is 0 Å². The summed E-state index contributed by atoms with van der Waals surface area (Å²) in [6, 6.07) is 4.97. The molecule has 1 rings (SSSR count). The van der Waals surface area contributed by atoms with Crippen molar-refractivity contribution in [2.45, 2.75) is 6.42 Å². The number of likely N-dealkylation sites (N-methyl/N-ethyl adjacent to an activating group) is 1. The van der Waals surface area contributed by atoms with Crippen molar-refractivity contribution in [2.24, 2.45) is 0 Å². The zero-order chi connectivity index (χ0) is 15.1. The maximum Gasteiger partial charge on any atom is 0.304 e. The second kappa shape index (κ2) is 7.49. The van der Waals surface area contributed by atoms with Crippen molar-refractivity contribution in [3.05, 3.63) is 23.8 Å². The van der Waals surface area contributed by atoms with Gasteiger partial charge in [-0.25, -0.2) is 0 Å². The molecule has 0 fully saturated rings. The van der Waals surface area contributed by atoms with Crippen LogP contribution in [0.3, 0.4) is 0 Å². The van der Waals surface area contributed by atoms with Gasteiger partial charge in [0.2, 0.25) is 0 Å². The van der Waals surface area contributed by atoms with Crippen molar-refractivity contribution in [2.75, 3.05) is 34.4 Å². The average molecular weight is 281 g/mol. The smallest absolute Gasteiger partial charge is 0.304 e. The molecule has 0 atom stereocenters. The Morgan fingerprint density at radius 2 is 1.95 bits per heavy atom. The third-order valence-corrected chi connectivity index (χ3v) is 2.83. The monoisotopic (exact) mass is 281 g/mol. The minimum atomic E-state index is -0.883. The van der Waals surface area contributed by atoms with Gasteiger partial charge in [0.15, 0.2) is 5.78 Å². The highest BCUT2D eigenvalue weighted by Gasteiger charge is 2.15. The van der Waals surface area contributed by atoms with E-state index in [2.05, 4.69) is 0 Å². The molecule has 0 bridgehead atoms. The van der Waals surface area contributed by atoms with Crippen LogP contribution in [0.1, 0.15) is 16.8 Å². The Kier molecular flexibility index (Phi) is 5.99. The molecule has 6 heteroatoms. The highest BCUT2D eigenvalue weighted by Crippen LogP contribution is 2.25. The van der Waals surface area contributed by atoms with Gasteiger partial charge in [-0.15, -0.1) is 0 Å². The highest BCUT2D eigenvalue weighted by atomic mass is 16.5. The number of ether oxygens (including phenoxy) is 2. The molecule has 6 nitrogen and oxygen atoms in total. The average Bonchev–Trinajstić information content (AvgIpc) is 2.44. The number of benzene rings is 1. The molecule has 1 N–H and O–H groups in total. The summed E-state index contributed by atoms with van der Waals surface area (Å²) < 4.78 is 10.2. The third-order valence-electron chi connectivity index (χ3n) is 2.83. The zero-order valence-corrected chi connectivity index (χ0v) is 11.9. The summed E-state index contributed by atoms with van der Waals surface area (Å²) in [5.41, 5.74) is 0.454. The second-order valence-electron chi connectivity index (χ2n) is 4.37. The lowest BCUT2D eigenvalue weighted by molar-refractivity contribution is -0.137. The first-order valence-electron chi connectivity index (χ1n) is 6.13. The largest absolute Gasteiger partial charge is 0.497 e. The van der Waals surface area contributed by atoms with Crippen LogP contribution in [0.2, 0.25) is 0 Å². The van der Waals surface area contributed by atoms with E-state index >= 15 is 0 Å². The molecule has 1 aromatic carbocycles. The second-order valence-corrected chi connectivity index (χ2v) is 4.37. The van der Waals surface area contributed by atoms with Gasteiger partial charge >= 0.3 is 5.97 Å². The van der Waals surface area contributed by atoms with E-state index in [1.807, 2.05) is 0 Å². The van der Waals surface area contributed by atoms with Crippen molar-refractivity contribution in [1.82, 2.24) is 4.90 Å². The fourth-order valence-corrected chi connectivity index (χ4v) is 1.72. The van der Waals surface area contributed by atoms with Crippen LogP contribution in [0, 0.1) is 0 Å². The maximum absolute atomic E-state index is 12.2. The summed E-state index contributed by atoms with van der Waals surface area (Å²) >= 11 is 0. The number of nitrogens with zero attached hydrogens (tertiary/aromatic N) is 1. The lowest BCUT2D eigenvalue weighted by atomic mass is 10.1. The third kappa shape index (κ3) is 4.55. The first-order valence-corrected chi connectivity index (χ1v) is 6.13. The Morgan fingerprint density at radius 3 is 2.50 bits per heavy atom.